The van der Waals surface area contributed by atoms with Crippen LogP contribution in [0.5, 0.6) is 0 Å². The van der Waals surface area contributed by atoms with E-state index in [2.05, 4.69) is 10.3 Å². The van der Waals surface area contributed by atoms with E-state index in [1.165, 1.54) is 11.4 Å². The molecule has 1 atom stereocenters. The topological polar surface area (TPSA) is 76.1 Å². The fourth-order valence-corrected chi connectivity index (χ4v) is 4.84. The number of carbonyl (C=O) groups is 1. The number of nitrogens with zero attached hydrogens (tertiary/aromatic N) is 1. The maximum Gasteiger partial charge on any atom is 0.230 e. The van der Waals surface area contributed by atoms with Crippen molar-refractivity contribution in [3.05, 3.63) is 35.2 Å². The SMILES string of the molecule is O=C(Nc1nc(-c2c(F)cccc2F)cs1)C1CCS(=O)(=O)C1. The monoisotopic (exact) mass is 358 g/mol. The molecule has 2 aromatic rings. The van der Waals surface area contributed by atoms with Gasteiger partial charge in [0, 0.05) is 5.38 Å². The second-order valence-corrected chi connectivity index (χ2v) is 8.31. The lowest BCUT2D eigenvalue weighted by molar-refractivity contribution is -0.119. The average molecular weight is 358 g/mol. The summed E-state index contributed by atoms with van der Waals surface area (Å²) in [7, 11) is -3.16. The number of aromatic nitrogens is 1. The smallest absolute Gasteiger partial charge is 0.230 e. The summed E-state index contributed by atoms with van der Waals surface area (Å²) >= 11 is 1.02. The van der Waals surface area contributed by atoms with Crippen molar-refractivity contribution in [2.24, 2.45) is 5.92 Å². The molecule has 0 saturated carbocycles. The summed E-state index contributed by atoms with van der Waals surface area (Å²) in [5, 5.41) is 4.12. The Labute approximate surface area is 135 Å². The molecule has 1 aliphatic heterocycles. The maximum atomic E-state index is 13.7. The van der Waals surface area contributed by atoms with E-state index in [9.17, 15) is 22.0 Å². The summed E-state index contributed by atoms with van der Waals surface area (Å²) in [6.45, 7) is 0. The number of nitrogens with one attached hydrogen (secondary N) is 1. The highest BCUT2D eigenvalue weighted by atomic mass is 32.2. The average Bonchev–Trinajstić information content (AvgIpc) is 3.05. The van der Waals surface area contributed by atoms with Crippen LogP contribution >= 0.6 is 11.3 Å². The minimum atomic E-state index is -3.16. The van der Waals surface area contributed by atoms with E-state index in [1.54, 1.807) is 0 Å². The van der Waals surface area contributed by atoms with Gasteiger partial charge in [-0.15, -0.1) is 11.3 Å². The van der Waals surface area contributed by atoms with Gasteiger partial charge in [0.1, 0.15) is 11.6 Å². The van der Waals surface area contributed by atoms with Gasteiger partial charge in [-0.05, 0) is 18.6 Å². The molecule has 1 saturated heterocycles. The molecule has 2 heterocycles. The number of anilines is 1. The molecule has 1 unspecified atom stereocenters. The summed E-state index contributed by atoms with van der Waals surface area (Å²) in [4.78, 5) is 16.0. The lowest BCUT2D eigenvalue weighted by Crippen LogP contribution is -2.23. The largest absolute Gasteiger partial charge is 0.302 e. The van der Waals surface area contributed by atoms with Crippen molar-refractivity contribution in [1.82, 2.24) is 4.98 Å². The van der Waals surface area contributed by atoms with Crippen molar-refractivity contribution in [2.75, 3.05) is 16.8 Å². The maximum absolute atomic E-state index is 13.7. The van der Waals surface area contributed by atoms with Crippen molar-refractivity contribution in [3.63, 3.8) is 0 Å². The molecule has 23 heavy (non-hydrogen) atoms. The predicted molar refractivity (Wildman–Crippen MR) is 82.9 cm³/mol. The van der Waals surface area contributed by atoms with Gasteiger partial charge in [-0.3, -0.25) is 4.79 Å². The Kier molecular flexibility index (Phi) is 4.15. The number of hydrogen-bond donors (Lipinski definition) is 1. The van der Waals surface area contributed by atoms with Crippen molar-refractivity contribution in [3.8, 4) is 11.3 Å². The van der Waals surface area contributed by atoms with Crippen LogP contribution in [0, 0.1) is 17.6 Å². The fraction of sp³-hybridized carbons (Fsp3) is 0.286. The quantitative estimate of drug-likeness (QED) is 0.914. The molecule has 3 rings (SSSR count). The summed E-state index contributed by atoms with van der Waals surface area (Å²) in [5.41, 5.74) is -0.173. The second-order valence-electron chi connectivity index (χ2n) is 5.22. The van der Waals surface area contributed by atoms with Gasteiger partial charge in [-0.2, -0.15) is 0 Å². The highest BCUT2D eigenvalue weighted by molar-refractivity contribution is 7.91. The third-order valence-electron chi connectivity index (χ3n) is 3.56. The van der Waals surface area contributed by atoms with Gasteiger partial charge < -0.3 is 5.32 Å². The van der Waals surface area contributed by atoms with Gasteiger partial charge >= 0.3 is 0 Å². The first kappa shape index (κ1) is 16.0. The summed E-state index contributed by atoms with van der Waals surface area (Å²) in [6, 6.07) is 3.50. The van der Waals surface area contributed by atoms with Crippen LogP contribution in [0.3, 0.4) is 0 Å². The van der Waals surface area contributed by atoms with Crippen molar-refractivity contribution >= 4 is 32.2 Å². The molecule has 0 spiro atoms. The Bertz CT molecular complexity index is 844. The Morgan fingerprint density at radius 2 is 2.00 bits per heavy atom. The Morgan fingerprint density at radius 3 is 2.61 bits per heavy atom. The van der Waals surface area contributed by atoms with E-state index in [0.29, 0.717) is 0 Å². The van der Waals surface area contributed by atoms with Crippen LogP contribution in [-0.2, 0) is 14.6 Å². The molecule has 9 heteroatoms. The Hall–Kier alpha value is -1.87. The number of sulfone groups is 1. The van der Waals surface area contributed by atoms with E-state index in [4.69, 9.17) is 0 Å². The van der Waals surface area contributed by atoms with Crippen molar-refractivity contribution < 1.29 is 22.0 Å². The number of halogens is 2. The second kappa shape index (κ2) is 5.97. The zero-order valence-electron chi connectivity index (χ0n) is 11.8. The standard InChI is InChI=1S/C14H12F2N2O3S2/c15-9-2-1-3-10(16)12(9)11-6-22-14(17-11)18-13(19)8-4-5-23(20,21)7-8/h1-3,6,8H,4-5,7H2,(H,17,18,19). The van der Waals surface area contributed by atoms with Crippen molar-refractivity contribution in [1.29, 1.82) is 0 Å². The molecule has 122 valence electrons. The van der Waals surface area contributed by atoms with E-state index >= 15 is 0 Å². The molecule has 1 fully saturated rings. The van der Waals surface area contributed by atoms with Gasteiger partial charge in [0.15, 0.2) is 15.0 Å². The van der Waals surface area contributed by atoms with Crippen LogP contribution in [-0.4, -0.2) is 30.8 Å². The third kappa shape index (κ3) is 3.40. The Balaban J connectivity index is 1.77. The van der Waals surface area contributed by atoms with Gasteiger partial charge in [0.2, 0.25) is 5.91 Å². The van der Waals surface area contributed by atoms with E-state index in [0.717, 1.165) is 23.5 Å². The van der Waals surface area contributed by atoms with E-state index in [-0.39, 0.29) is 34.3 Å². The highest BCUT2D eigenvalue weighted by Crippen LogP contribution is 2.30. The molecule has 1 aliphatic rings. The number of carbonyl (C=O) groups excluding carboxylic acids is 1. The number of thiazole rings is 1. The number of hydrogen-bond acceptors (Lipinski definition) is 5. The molecule has 5 nitrogen and oxygen atoms in total. The summed E-state index contributed by atoms with van der Waals surface area (Å²) in [5.74, 6) is -2.73. The zero-order chi connectivity index (χ0) is 16.6. The minimum Gasteiger partial charge on any atom is -0.302 e. The predicted octanol–water partition coefficient (Wildman–Crippen LogP) is 2.46. The first-order chi connectivity index (χ1) is 10.9. The number of amides is 1. The molecular weight excluding hydrogens is 346 g/mol. The minimum absolute atomic E-state index is 0.00531. The molecule has 0 radical (unpaired) electrons. The van der Waals surface area contributed by atoms with Crippen LogP contribution in [0.4, 0.5) is 13.9 Å². The zero-order valence-corrected chi connectivity index (χ0v) is 13.4. The molecule has 1 amide bonds. The summed E-state index contributed by atoms with van der Waals surface area (Å²) in [6.07, 6.45) is 0.272. The molecule has 1 aromatic heterocycles. The van der Waals surface area contributed by atoms with Crippen LogP contribution < -0.4 is 5.32 Å². The van der Waals surface area contributed by atoms with Crippen LogP contribution in [0.1, 0.15) is 6.42 Å². The molecular formula is C14H12F2N2O3S2. The highest BCUT2D eigenvalue weighted by Gasteiger charge is 2.33. The number of rotatable bonds is 3. The number of benzene rings is 1. The third-order valence-corrected chi connectivity index (χ3v) is 6.08. The lowest BCUT2D eigenvalue weighted by Gasteiger charge is -2.06. The van der Waals surface area contributed by atoms with Crippen LogP contribution in [0.15, 0.2) is 23.6 Å². The van der Waals surface area contributed by atoms with Gasteiger partial charge in [-0.25, -0.2) is 22.2 Å². The van der Waals surface area contributed by atoms with E-state index < -0.39 is 33.3 Å². The normalized spacial score (nSPS) is 19.7. The molecule has 0 aliphatic carbocycles. The summed E-state index contributed by atoms with van der Waals surface area (Å²) < 4.78 is 50.2. The molecule has 0 bridgehead atoms. The van der Waals surface area contributed by atoms with Crippen molar-refractivity contribution in [2.45, 2.75) is 6.42 Å². The van der Waals surface area contributed by atoms with Gasteiger partial charge in [-0.1, -0.05) is 6.07 Å². The van der Waals surface area contributed by atoms with Crippen LogP contribution in [0.25, 0.3) is 11.3 Å². The Morgan fingerprint density at radius 1 is 1.30 bits per heavy atom. The first-order valence-corrected chi connectivity index (χ1v) is 9.47. The van der Waals surface area contributed by atoms with Gasteiger partial charge in [0.25, 0.3) is 0 Å². The van der Waals surface area contributed by atoms with Gasteiger partial charge in [0.05, 0.1) is 28.7 Å². The fourth-order valence-electron chi connectivity index (χ4n) is 2.40. The lowest BCUT2D eigenvalue weighted by atomic mass is 10.1. The van der Waals surface area contributed by atoms with E-state index in [1.807, 2.05) is 0 Å². The first-order valence-electron chi connectivity index (χ1n) is 6.77. The molecule has 1 N–H and O–H groups in total. The molecule has 1 aromatic carbocycles. The van der Waals surface area contributed by atoms with Crippen LogP contribution in [0.2, 0.25) is 0 Å².